The molecule has 2 aromatic carbocycles. The standard InChI is InChI=1S/C22H18FN3O/c1-14-10-11-19-24-20(18-9-4-3-6-15(18)2)21(26(19)13-14)25-22(27)16-7-5-8-17(23)12-16/h3-13H,1-2H3,(H,25,27). The van der Waals surface area contributed by atoms with Crippen molar-refractivity contribution in [3.8, 4) is 11.3 Å². The summed E-state index contributed by atoms with van der Waals surface area (Å²) in [6.07, 6.45) is 1.92. The van der Waals surface area contributed by atoms with E-state index in [4.69, 9.17) is 4.98 Å². The third-order valence-corrected chi connectivity index (χ3v) is 4.49. The van der Waals surface area contributed by atoms with E-state index in [1.807, 2.05) is 60.8 Å². The number of nitrogens with zero attached hydrogens (tertiary/aromatic N) is 2. The number of imidazole rings is 1. The molecule has 2 aromatic heterocycles. The van der Waals surface area contributed by atoms with Crippen molar-refractivity contribution in [2.24, 2.45) is 0 Å². The predicted molar refractivity (Wildman–Crippen MR) is 104 cm³/mol. The fraction of sp³-hybridized carbons (Fsp3) is 0.0909. The number of hydrogen-bond acceptors (Lipinski definition) is 2. The Morgan fingerprint density at radius 2 is 1.85 bits per heavy atom. The Kier molecular flexibility index (Phi) is 4.20. The molecular formula is C22H18FN3O. The average Bonchev–Trinajstić information content (AvgIpc) is 2.99. The highest BCUT2D eigenvalue weighted by molar-refractivity contribution is 6.05. The van der Waals surface area contributed by atoms with E-state index in [1.54, 1.807) is 6.07 Å². The second kappa shape index (κ2) is 6.68. The van der Waals surface area contributed by atoms with Crippen molar-refractivity contribution in [2.45, 2.75) is 13.8 Å². The van der Waals surface area contributed by atoms with Crippen molar-refractivity contribution in [3.63, 3.8) is 0 Å². The maximum absolute atomic E-state index is 13.5. The van der Waals surface area contributed by atoms with Gasteiger partial charge in [-0.2, -0.15) is 0 Å². The van der Waals surface area contributed by atoms with E-state index < -0.39 is 5.82 Å². The molecule has 0 spiro atoms. The number of fused-ring (bicyclic) bond motifs is 1. The molecule has 0 fully saturated rings. The highest BCUT2D eigenvalue weighted by Gasteiger charge is 2.18. The van der Waals surface area contributed by atoms with Crippen LogP contribution >= 0.6 is 0 Å². The van der Waals surface area contributed by atoms with E-state index in [-0.39, 0.29) is 11.5 Å². The quantitative estimate of drug-likeness (QED) is 0.559. The van der Waals surface area contributed by atoms with Crippen molar-refractivity contribution in [3.05, 3.63) is 89.4 Å². The molecule has 27 heavy (non-hydrogen) atoms. The Balaban J connectivity index is 1.87. The zero-order chi connectivity index (χ0) is 19.0. The van der Waals surface area contributed by atoms with Crippen LogP contribution in [0.1, 0.15) is 21.5 Å². The number of pyridine rings is 1. The molecule has 0 aliphatic carbocycles. The molecule has 0 unspecified atom stereocenters. The summed E-state index contributed by atoms with van der Waals surface area (Å²) in [7, 11) is 0. The summed E-state index contributed by atoms with van der Waals surface area (Å²) >= 11 is 0. The fourth-order valence-corrected chi connectivity index (χ4v) is 3.11. The lowest BCUT2D eigenvalue weighted by Crippen LogP contribution is -2.14. The van der Waals surface area contributed by atoms with Crippen LogP contribution in [0.3, 0.4) is 0 Å². The van der Waals surface area contributed by atoms with Crippen molar-refractivity contribution >= 4 is 17.4 Å². The Morgan fingerprint density at radius 3 is 2.63 bits per heavy atom. The molecule has 4 nitrogen and oxygen atoms in total. The number of rotatable bonds is 3. The van der Waals surface area contributed by atoms with Crippen LogP contribution in [0.15, 0.2) is 66.9 Å². The van der Waals surface area contributed by atoms with Gasteiger partial charge in [0.1, 0.15) is 23.0 Å². The lowest BCUT2D eigenvalue weighted by Gasteiger charge is -2.10. The maximum atomic E-state index is 13.5. The van der Waals surface area contributed by atoms with Crippen LogP contribution in [0.5, 0.6) is 0 Å². The van der Waals surface area contributed by atoms with Crippen molar-refractivity contribution in [1.82, 2.24) is 9.38 Å². The zero-order valence-electron chi connectivity index (χ0n) is 15.0. The first-order valence-electron chi connectivity index (χ1n) is 8.64. The number of aromatic nitrogens is 2. The van der Waals surface area contributed by atoms with Gasteiger partial charge in [0.15, 0.2) is 0 Å². The molecule has 1 N–H and O–H groups in total. The van der Waals surface area contributed by atoms with Gasteiger partial charge in [-0.05, 0) is 49.2 Å². The molecule has 2 heterocycles. The number of benzene rings is 2. The normalized spacial score (nSPS) is 10.9. The minimum Gasteiger partial charge on any atom is -0.306 e. The minimum atomic E-state index is -0.448. The van der Waals surface area contributed by atoms with E-state index in [2.05, 4.69) is 5.32 Å². The minimum absolute atomic E-state index is 0.258. The zero-order valence-corrected chi connectivity index (χ0v) is 15.0. The number of aryl methyl sites for hydroxylation is 2. The molecule has 0 aliphatic rings. The molecule has 0 aliphatic heterocycles. The van der Waals surface area contributed by atoms with Gasteiger partial charge in [-0.1, -0.05) is 36.4 Å². The van der Waals surface area contributed by atoms with Crippen LogP contribution < -0.4 is 5.32 Å². The maximum Gasteiger partial charge on any atom is 0.256 e. The molecule has 1 amide bonds. The molecule has 134 valence electrons. The van der Waals surface area contributed by atoms with Crippen LogP contribution in [0, 0.1) is 19.7 Å². The van der Waals surface area contributed by atoms with Gasteiger partial charge in [-0.15, -0.1) is 0 Å². The van der Waals surface area contributed by atoms with Crippen molar-refractivity contribution in [2.75, 3.05) is 5.32 Å². The Labute approximate surface area is 156 Å². The van der Waals surface area contributed by atoms with E-state index >= 15 is 0 Å². The molecule has 0 atom stereocenters. The van der Waals surface area contributed by atoms with Gasteiger partial charge in [-0.25, -0.2) is 9.37 Å². The first-order valence-corrected chi connectivity index (χ1v) is 8.64. The molecule has 4 rings (SSSR count). The lowest BCUT2D eigenvalue weighted by atomic mass is 10.1. The SMILES string of the molecule is Cc1ccc2nc(-c3ccccc3C)c(NC(=O)c3cccc(F)c3)n2c1. The van der Waals surface area contributed by atoms with Crippen LogP contribution in [0.25, 0.3) is 16.9 Å². The lowest BCUT2D eigenvalue weighted by molar-refractivity contribution is 0.102. The van der Waals surface area contributed by atoms with Crippen LogP contribution in [-0.4, -0.2) is 15.3 Å². The van der Waals surface area contributed by atoms with Gasteiger partial charge < -0.3 is 5.32 Å². The molecule has 5 heteroatoms. The Bertz CT molecular complexity index is 1160. The number of nitrogens with one attached hydrogen (secondary N) is 1. The van der Waals surface area contributed by atoms with Crippen LogP contribution in [0.2, 0.25) is 0 Å². The van der Waals surface area contributed by atoms with E-state index in [0.717, 1.165) is 22.3 Å². The van der Waals surface area contributed by atoms with Gasteiger partial charge in [0.2, 0.25) is 0 Å². The Hall–Kier alpha value is -3.47. The number of carbonyl (C=O) groups is 1. The summed E-state index contributed by atoms with van der Waals surface area (Å²) in [5.74, 6) is -0.263. The van der Waals surface area contributed by atoms with Crippen LogP contribution in [0.4, 0.5) is 10.2 Å². The molecular weight excluding hydrogens is 341 g/mol. The second-order valence-electron chi connectivity index (χ2n) is 6.52. The fourth-order valence-electron chi connectivity index (χ4n) is 3.11. The first-order chi connectivity index (χ1) is 13.0. The largest absolute Gasteiger partial charge is 0.306 e. The highest BCUT2D eigenvalue weighted by Crippen LogP contribution is 2.31. The van der Waals surface area contributed by atoms with Crippen molar-refractivity contribution in [1.29, 1.82) is 0 Å². The number of amides is 1. The van der Waals surface area contributed by atoms with E-state index in [9.17, 15) is 9.18 Å². The highest BCUT2D eigenvalue weighted by atomic mass is 19.1. The molecule has 0 bridgehead atoms. The first kappa shape index (κ1) is 17.0. The molecule has 0 saturated heterocycles. The predicted octanol–water partition coefficient (Wildman–Crippen LogP) is 5.01. The third-order valence-electron chi connectivity index (χ3n) is 4.49. The summed E-state index contributed by atoms with van der Waals surface area (Å²) in [6, 6.07) is 17.4. The summed E-state index contributed by atoms with van der Waals surface area (Å²) < 4.78 is 15.4. The van der Waals surface area contributed by atoms with Crippen molar-refractivity contribution < 1.29 is 9.18 Å². The van der Waals surface area contributed by atoms with Gasteiger partial charge >= 0.3 is 0 Å². The van der Waals surface area contributed by atoms with Gasteiger partial charge in [0, 0.05) is 17.3 Å². The molecule has 0 saturated carbocycles. The van der Waals surface area contributed by atoms with E-state index in [0.29, 0.717) is 11.5 Å². The third kappa shape index (κ3) is 3.19. The van der Waals surface area contributed by atoms with E-state index in [1.165, 1.54) is 18.2 Å². The topological polar surface area (TPSA) is 46.4 Å². The van der Waals surface area contributed by atoms with Gasteiger partial charge in [0.05, 0.1) is 0 Å². The second-order valence-corrected chi connectivity index (χ2v) is 6.52. The number of carbonyl (C=O) groups excluding carboxylic acids is 1. The summed E-state index contributed by atoms with van der Waals surface area (Å²) in [6.45, 7) is 3.98. The number of hydrogen-bond donors (Lipinski definition) is 1. The average molecular weight is 359 g/mol. The monoisotopic (exact) mass is 359 g/mol. The van der Waals surface area contributed by atoms with Gasteiger partial charge in [0.25, 0.3) is 5.91 Å². The number of anilines is 1. The van der Waals surface area contributed by atoms with Crippen LogP contribution in [-0.2, 0) is 0 Å². The summed E-state index contributed by atoms with van der Waals surface area (Å²) in [4.78, 5) is 17.5. The van der Waals surface area contributed by atoms with Gasteiger partial charge in [-0.3, -0.25) is 9.20 Å². The summed E-state index contributed by atoms with van der Waals surface area (Å²) in [5, 5.41) is 2.92. The number of halogens is 1. The molecule has 4 aromatic rings. The Morgan fingerprint density at radius 1 is 1.04 bits per heavy atom. The summed E-state index contributed by atoms with van der Waals surface area (Å²) in [5.41, 5.74) is 4.70. The smallest absolute Gasteiger partial charge is 0.256 e. The molecule has 0 radical (unpaired) electrons.